The molecule has 0 amide bonds. The van der Waals surface area contributed by atoms with Gasteiger partial charge in [0, 0.05) is 5.88 Å². The molecule has 1 fully saturated rings. The van der Waals surface area contributed by atoms with E-state index in [9.17, 15) is 10.2 Å². The van der Waals surface area contributed by atoms with Gasteiger partial charge in [-0.2, -0.15) is 0 Å². The molecule has 3 atom stereocenters. The quantitative estimate of drug-likeness (QED) is 0.727. The molecule has 0 aliphatic heterocycles. The second-order valence-electron chi connectivity index (χ2n) is 4.81. The van der Waals surface area contributed by atoms with Crippen LogP contribution in [0.4, 0.5) is 0 Å². The van der Waals surface area contributed by atoms with Crippen LogP contribution in [-0.4, -0.2) is 32.7 Å². The molecule has 2 nitrogen and oxygen atoms in total. The van der Waals surface area contributed by atoms with Gasteiger partial charge in [0.15, 0.2) is 0 Å². The van der Waals surface area contributed by atoms with Crippen LogP contribution >= 0.6 is 23.2 Å². The van der Waals surface area contributed by atoms with Gasteiger partial charge in [0.2, 0.25) is 0 Å². The monoisotopic (exact) mass is 240 g/mol. The Bertz CT molecular complexity index is 203. The van der Waals surface area contributed by atoms with Crippen LogP contribution in [0.15, 0.2) is 0 Å². The fourth-order valence-corrected chi connectivity index (χ4v) is 2.49. The van der Waals surface area contributed by atoms with E-state index in [-0.39, 0.29) is 11.8 Å². The predicted molar refractivity (Wildman–Crippen MR) is 58.9 cm³/mol. The minimum Gasteiger partial charge on any atom is -0.391 e. The normalized spacial score (nSPS) is 39.9. The van der Waals surface area contributed by atoms with E-state index in [1.54, 1.807) is 13.8 Å². The molecular weight excluding hydrogens is 223 g/mol. The molecule has 84 valence electrons. The van der Waals surface area contributed by atoms with E-state index >= 15 is 0 Å². The lowest BCUT2D eigenvalue weighted by Crippen LogP contribution is -2.48. The molecule has 0 aromatic carbocycles. The Morgan fingerprint density at radius 3 is 2.43 bits per heavy atom. The lowest BCUT2D eigenvalue weighted by atomic mass is 9.73. The standard InChI is InChI=1S/C10H18Cl2O2/c1-9(2,14)7-3-4-10(12,6-11)8(13)5-7/h7-8,13-14H,3-6H2,1-2H3/t7-,8+,10-/m1/s1. The van der Waals surface area contributed by atoms with Crippen molar-refractivity contribution in [1.82, 2.24) is 0 Å². The lowest BCUT2D eigenvalue weighted by molar-refractivity contribution is -0.0382. The highest BCUT2D eigenvalue weighted by molar-refractivity contribution is 6.31. The van der Waals surface area contributed by atoms with Crippen LogP contribution in [-0.2, 0) is 0 Å². The summed E-state index contributed by atoms with van der Waals surface area (Å²) in [6, 6.07) is 0. The fourth-order valence-electron chi connectivity index (χ4n) is 1.98. The van der Waals surface area contributed by atoms with E-state index in [2.05, 4.69) is 0 Å². The van der Waals surface area contributed by atoms with Gasteiger partial charge in [-0.25, -0.2) is 0 Å². The smallest absolute Gasteiger partial charge is 0.0839 e. The Labute approximate surface area is 95.2 Å². The first-order valence-electron chi connectivity index (χ1n) is 4.95. The van der Waals surface area contributed by atoms with Gasteiger partial charge < -0.3 is 10.2 Å². The van der Waals surface area contributed by atoms with E-state index in [1.807, 2.05) is 0 Å². The molecule has 0 aromatic heterocycles. The summed E-state index contributed by atoms with van der Waals surface area (Å²) in [5.74, 6) is 0.362. The van der Waals surface area contributed by atoms with E-state index in [0.717, 1.165) is 6.42 Å². The first kappa shape index (κ1) is 12.6. The van der Waals surface area contributed by atoms with Gasteiger partial charge in [-0.3, -0.25) is 0 Å². The van der Waals surface area contributed by atoms with Gasteiger partial charge in [-0.05, 0) is 39.0 Å². The summed E-state index contributed by atoms with van der Waals surface area (Å²) in [6.07, 6.45) is 1.39. The van der Waals surface area contributed by atoms with Crippen molar-refractivity contribution in [3.05, 3.63) is 0 Å². The van der Waals surface area contributed by atoms with E-state index in [1.165, 1.54) is 0 Å². The largest absolute Gasteiger partial charge is 0.391 e. The number of aliphatic hydroxyl groups excluding tert-OH is 1. The molecular formula is C10H18Cl2O2. The number of hydrogen-bond donors (Lipinski definition) is 2. The molecule has 0 radical (unpaired) electrons. The third-order valence-electron chi connectivity index (χ3n) is 3.23. The third-order valence-corrected chi connectivity index (χ3v) is 4.42. The summed E-state index contributed by atoms with van der Waals surface area (Å²) >= 11 is 11.9. The summed E-state index contributed by atoms with van der Waals surface area (Å²) in [5.41, 5.74) is -0.745. The van der Waals surface area contributed by atoms with E-state index in [4.69, 9.17) is 23.2 Å². The summed E-state index contributed by atoms with van der Waals surface area (Å²) in [4.78, 5) is -0.691. The van der Waals surface area contributed by atoms with Crippen LogP contribution in [0.5, 0.6) is 0 Å². The van der Waals surface area contributed by atoms with Crippen molar-refractivity contribution < 1.29 is 10.2 Å². The average Bonchev–Trinajstić information content (AvgIpc) is 2.08. The van der Waals surface area contributed by atoms with E-state index < -0.39 is 16.6 Å². The van der Waals surface area contributed by atoms with Crippen LogP contribution in [0.25, 0.3) is 0 Å². The first-order chi connectivity index (χ1) is 6.29. The van der Waals surface area contributed by atoms with Gasteiger partial charge in [0.25, 0.3) is 0 Å². The highest BCUT2D eigenvalue weighted by Crippen LogP contribution is 2.41. The van der Waals surface area contributed by atoms with Gasteiger partial charge in [0.1, 0.15) is 0 Å². The highest BCUT2D eigenvalue weighted by atomic mass is 35.5. The molecule has 1 rings (SSSR count). The maximum absolute atomic E-state index is 9.83. The van der Waals surface area contributed by atoms with Crippen molar-refractivity contribution in [2.45, 2.75) is 49.7 Å². The Kier molecular flexibility index (Phi) is 3.74. The molecule has 1 aliphatic rings. The topological polar surface area (TPSA) is 40.5 Å². The Morgan fingerprint density at radius 2 is 2.07 bits per heavy atom. The second-order valence-corrected chi connectivity index (χ2v) is 5.83. The van der Waals surface area contributed by atoms with Crippen molar-refractivity contribution in [2.24, 2.45) is 5.92 Å². The van der Waals surface area contributed by atoms with Crippen LogP contribution < -0.4 is 0 Å². The van der Waals surface area contributed by atoms with Crippen LogP contribution in [0.1, 0.15) is 33.1 Å². The number of hydrogen-bond acceptors (Lipinski definition) is 2. The van der Waals surface area contributed by atoms with Crippen molar-refractivity contribution in [3.8, 4) is 0 Å². The summed E-state index contributed by atoms with van der Waals surface area (Å²) in [7, 11) is 0. The number of alkyl halides is 2. The zero-order chi connectivity index (χ0) is 11.0. The van der Waals surface area contributed by atoms with Crippen molar-refractivity contribution >= 4 is 23.2 Å². The van der Waals surface area contributed by atoms with E-state index in [0.29, 0.717) is 12.8 Å². The molecule has 0 bridgehead atoms. The second kappa shape index (κ2) is 4.17. The fraction of sp³-hybridized carbons (Fsp3) is 1.00. The average molecular weight is 241 g/mol. The maximum atomic E-state index is 9.83. The Hall–Kier alpha value is 0.500. The zero-order valence-electron chi connectivity index (χ0n) is 8.63. The number of halogens is 2. The molecule has 1 saturated carbocycles. The van der Waals surface area contributed by atoms with Crippen LogP contribution in [0.3, 0.4) is 0 Å². The summed E-state index contributed by atoms with van der Waals surface area (Å²) < 4.78 is 0. The number of rotatable bonds is 2. The molecule has 1 aliphatic carbocycles. The minimum absolute atomic E-state index is 0.104. The maximum Gasteiger partial charge on any atom is 0.0839 e. The Morgan fingerprint density at radius 1 is 1.50 bits per heavy atom. The molecule has 0 heterocycles. The van der Waals surface area contributed by atoms with Crippen molar-refractivity contribution in [1.29, 1.82) is 0 Å². The zero-order valence-corrected chi connectivity index (χ0v) is 10.1. The molecule has 0 aromatic rings. The Balaban J connectivity index is 2.64. The van der Waals surface area contributed by atoms with Gasteiger partial charge in [-0.15, -0.1) is 23.2 Å². The van der Waals surface area contributed by atoms with Gasteiger partial charge in [-0.1, -0.05) is 0 Å². The lowest BCUT2D eigenvalue weighted by Gasteiger charge is -2.42. The van der Waals surface area contributed by atoms with Gasteiger partial charge in [0.05, 0.1) is 16.6 Å². The van der Waals surface area contributed by atoms with Crippen molar-refractivity contribution in [3.63, 3.8) is 0 Å². The third kappa shape index (κ3) is 2.54. The number of aliphatic hydroxyl groups is 2. The molecule has 2 N–H and O–H groups in total. The SMILES string of the molecule is CC(C)(O)[C@@H]1CC[C@@](Cl)(CCl)[C@@H](O)C1. The van der Waals surface area contributed by atoms with Crippen LogP contribution in [0, 0.1) is 5.92 Å². The van der Waals surface area contributed by atoms with Crippen molar-refractivity contribution in [2.75, 3.05) is 5.88 Å². The molecule has 0 spiro atoms. The summed E-state index contributed by atoms with van der Waals surface area (Å²) in [5, 5.41) is 19.7. The molecule has 4 heteroatoms. The van der Waals surface area contributed by atoms with Crippen LogP contribution in [0.2, 0.25) is 0 Å². The predicted octanol–water partition coefficient (Wildman–Crippen LogP) is 2.13. The molecule has 14 heavy (non-hydrogen) atoms. The molecule has 0 saturated heterocycles. The molecule has 0 unspecified atom stereocenters. The van der Waals surface area contributed by atoms with Gasteiger partial charge >= 0.3 is 0 Å². The minimum atomic E-state index is -0.745. The highest BCUT2D eigenvalue weighted by Gasteiger charge is 2.44. The summed E-state index contributed by atoms with van der Waals surface area (Å²) in [6.45, 7) is 3.54. The first-order valence-corrected chi connectivity index (χ1v) is 5.86.